The Kier molecular flexibility index (Phi) is 3.22. The van der Waals surface area contributed by atoms with E-state index in [4.69, 9.17) is 0 Å². The molecule has 2 saturated carbocycles. The molecule has 2 fully saturated rings. The molecule has 0 aromatic carbocycles. The van der Waals surface area contributed by atoms with E-state index in [-0.39, 0.29) is 0 Å². The molecular weight excluding hydrogens is 271 g/mol. The van der Waals surface area contributed by atoms with Gasteiger partial charge in [-0.1, -0.05) is 61.6 Å². The lowest BCUT2D eigenvalue weighted by Crippen LogP contribution is -2.15. The third-order valence-corrected chi connectivity index (χ3v) is 5.44. The van der Waals surface area contributed by atoms with Crippen LogP contribution in [0.2, 0.25) is 0 Å². The molecular formula is C12H21I. The van der Waals surface area contributed by atoms with Gasteiger partial charge in [0.25, 0.3) is 0 Å². The summed E-state index contributed by atoms with van der Waals surface area (Å²) in [5.74, 6) is 2.22. The number of hydrogen-bond acceptors (Lipinski definition) is 0. The molecule has 2 aliphatic carbocycles. The van der Waals surface area contributed by atoms with E-state index in [9.17, 15) is 0 Å². The SMILES string of the molecule is CCCC1(I)CC2CCCCC2C1. The maximum absolute atomic E-state index is 2.77. The molecule has 0 nitrogen and oxygen atoms in total. The normalized spacial score (nSPS) is 44.8. The van der Waals surface area contributed by atoms with Gasteiger partial charge in [-0.3, -0.25) is 0 Å². The van der Waals surface area contributed by atoms with Gasteiger partial charge in [-0.25, -0.2) is 0 Å². The number of rotatable bonds is 2. The minimum Gasteiger partial charge on any atom is -0.0789 e. The molecule has 0 radical (unpaired) electrons. The Morgan fingerprint density at radius 2 is 1.69 bits per heavy atom. The molecule has 0 saturated heterocycles. The Balaban J connectivity index is 1.97. The topological polar surface area (TPSA) is 0 Å². The van der Waals surface area contributed by atoms with E-state index in [0.717, 1.165) is 11.8 Å². The number of halogens is 1. The highest BCUT2D eigenvalue weighted by molar-refractivity contribution is 14.1. The van der Waals surface area contributed by atoms with Gasteiger partial charge in [0.05, 0.1) is 0 Å². The molecule has 2 rings (SSSR count). The Morgan fingerprint density at radius 1 is 1.15 bits per heavy atom. The molecule has 0 aromatic heterocycles. The zero-order chi connectivity index (χ0) is 9.31. The summed E-state index contributed by atoms with van der Waals surface area (Å²) in [5.41, 5.74) is 0. The molecule has 0 N–H and O–H groups in total. The molecule has 0 aromatic rings. The second-order valence-electron chi connectivity index (χ2n) is 5.11. The average molecular weight is 292 g/mol. The van der Waals surface area contributed by atoms with Gasteiger partial charge in [0, 0.05) is 3.42 Å². The largest absolute Gasteiger partial charge is 0.0789 e. The van der Waals surface area contributed by atoms with Crippen LogP contribution in [0.4, 0.5) is 0 Å². The van der Waals surface area contributed by atoms with Gasteiger partial charge in [-0.05, 0) is 31.1 Å². The predicted molar refractivity (Wildman–Crippen MR) is 66.3 cm³/mol. The first-order chi connectivity index (χ1) is 6.23. The maximum Gasteiger partial charge on any atom is 0.0227 e. The highest BCUT2D eigenvalue weighted by atomic mass is 127. The van der Waals surface area contributed by atoms with Gasteiger partial charge in [0.15, 0.2) is 0 Å². The zero-order valence-electron chi connectivity index (χ0n) is 8.69. The van der Waals surface area contributed by atoms with Gasteiger partial charge < -0.3 is 0 Å². The summed E-state index contributed by atoms with van der Waals surface area (Å²) >= 11 is 2.77. The van der Waals surface area contributed by atoms with Crippen LogP contribution in [0.15, 0.2) is 0 Å². The standard InChI is InChI=1S/C12H21I/c1-2-7-12(13)8-10-5-3-4-6-11(10)9-12/h10-11H,2-9H2,1H3. The van der Waals surface area contributed by atoms with Crippen LogP contribution in [0, 0.1) is 11.8 Å². The van der Waals surface area contributed by atoms with Gasteiger partial charge in [-0.2, -0.15) is 0 Å². The van der Waals surface area contributed by atoms with Crippen LogP contribution in [0.5, 0.6) is 0 Å². The fraction of sp³-hybridized carbons (Fsp3) is 1.00. The minimum atomic E-state index is 0.701. The first kappa shape index (κ1) is 10.3. The third-order valence-electron chi connectivity index (χ3n) is 4.02. The second-order valence-corrected chi connectivity index (χ2v) is 7.40. The lowest BCUT2D eigenvalue weighted by Gasteiger charge is -2.24. The number of hydrogen-bond donors (Lipinski definition) is 0. The van der Waals surface area contributed by atoms with Crippen LogP contribution < -0.4 is 0 Å². The predicted octanol–water partition coefficient (Wildman–Crippen LogP) is 4.56. The Hall–Kier alpha value is 0.730. The molecule has 2 atom stereocenters. The van der Waals surface area contributed by atoms with E-state index in [2.05, 4.69) is 29.5 Å². The molecule has 2 unspecified atom stereocenters. The summed E-state index contributed by atoms with van der Waals surface area (Å²) < 4.78 is 0.701. The fourth-order valence-electron chi connectivity index (χ4n) is 3.50. The second kappa shape index (κ2) is 4.08. The van der Waals surface area contributed by atoms with Crippen molar-refractivity contribution in [3.8, 4) is 0 Å². The Morgan fingerprint density at radius 3 is 2.15 bits per heavy atom. The molecule has 13 heavy (non-hydrogen) atoms. The molecule has 0 aliphatic heterocycles. The molecule has 1 heteroatoms. The Bertz CT molecular complexity index is 162. The molecule has 0 heterocycles. The van der Waals surface area contributed by atoms with Crippen LogP contribution in [0.1, 0.15) is 58.3 Å². The van der Waals surface area contributed by atoms with E-state index in [1.54, 1.807) is 12.8 Å². The van der Waals surface area contributed by atoms with E-state index in [1.807, 2.05) is 0 Å². The monoisotopic (exact) mass is 292 g/mol. The number of fused-ring (bicyclic) bond motifs is 1. The molecule has 2 aliphatic rings. The van der Waals surface area contributed by atoms with E-state index < -0.39 is 0 Å². The lowest BCUT2D eigenvalue weighted by atomic mass is 9.82. The van der Waals surface area contributed by atoms with Gasteiger partial charge >= 0.3 is 0 Å². The van der Waals surface area contributed by atoms with Crippen LogP contribution in [-0.4, -0.2) is 3.42 Å². The summed E-state index contributed by atoms with van der Waals surface area (Å²) in [5, 5.41) is 0. The van der Waals surface area contributed by atoms with Gasteiger partial charge in [0.1, 0.15) is 0 Å². The van der Waals surface area contributed by atoms with Crippen molar-refractivity contribution >= 4 is 22.6 Å². The number of alkyl halides is 1. The van der Waals surface area contributed by atoms with E-state index in [0.29, 0.717) is 3.42 Å². The molecule has 0 bridgehead atoms. The van der Waals surface area contributed by atoms with Crippen molar-refractivity contribution < 1.29 is 0 Å². The van der Waals surface area contributed by atoms with Crippen LogP contribution in [-0.2, 0) is 0 Å². The van der Waals surface area contributed by atoms with Crippen molar-refractivity contribution in [2.45, 2.75) is 61.7 Å². The maximum atomic E-state index is 2.77. The average Bonchev–Trinajstić information content (AvgIpc) is 2.40. The van der Waals surface area contributed by atoms with Crippen molar-refractivity contribution in [2.24, 2.45) is 11.8 Å². The van der Waals surface area contributed by atoms with Gasteiger partial charge in [0.2, 0.25) is 0 Å². The van der Waals surface area contributed by atoms with Crippen molar-refractivity contribution in [3.63, 3.8) is 0 Å². The van der Waals surface area contributed by atoms with E-state index >= 15 is 0 Å². The van der Waals surface area contributed by atoms with Crippen molar-refractivity contribution in [2.75, 3.05) is 0 Å². The highest BCUT2D eigenvalue weighted by Crippen LogP contribution is 2.52. The first-order valence-corrected chi connectivity index (χ1v) is 7.00. The summed E-state index contributed by atoms with van der Waals surface area (Å²) in [6, 6.07) is 0. The summed E-state index contributed by atoms with van der Waals surface area (Å²) in [6.45, 7) is 2.34. The fourth-order valence-corrected chi connectivity index (χ4v) is 5.17. The molecule has 0 spiro atoms. The third kappa shape index (κ3) is 2.21. The van der Waals surface area contributed by atoms with Crippen molar-refractivity contribution in [1.29, 1.82) is 0 Å². The Labute approximate surface area is 96.0 Å². The van der Waals surface area contributed by atoms with Crippen LogP contribution in [0.25, 0.3) is 0 Å². The van der Waals surface area contributed by atoms with Crippen LogP contribution >= 0.6 is 22.6 Å². The highest BCUT2D eigenvalue weighted by Gasteiger charge is 2.43. The minimum absolute atomic E-state index is 0.701. The summed E-state index contributed by atoms with van der Waals surface area (Å²) in [4.78, 5) is 0. The first-order valence-electron chi connectivity index (χ1n) is 5.92. The van der Waals surface area contributed by atoms with Crippen molar-refractivity contribution in [3.05, 3.63) is 0 Å². The van der Waals surface area contributed by atoms with E-state index in [1.165, 1.54) is 38.5 Å². The van der Waals surface area contributed by atoms with Crippen molar-refractivity contribution in [1.82, 2.24) is 0 Å². The molecule has 0 amide bonds. The zero-order valence-corrected chi connectivity index (χ0v) is 10.8. The molecule has 76 valence electrons. The quantitative estimate of drug-likeness (QED) is 0.517. The van der Waals surface area contributed by atoms with Crippen LogP contribution in [0.3, 0.4) is 0 Å². The lowest BCUT2D eigenvalue weighted by molar-refractivity contribution is 0.277. The summed E-state index contributed by atoms with van der Waals surface area (Å²) in [6.07, 6.45) is 12.0. The van der Waals surface area contributed by atoms with Gasteiger partial charge in [-0.15, -0.1) is 0 Å². The smallest absolute Gasteiger partial charge is 0.0227 e. The summed E-state index contributed by atoms with van der Waals surface area (Å²) in [7, 11) is 0.